The summed E-state index contributed by atoms with van der Waals surface area (Å²) in [5, 5.41) is 2.92. The van der Waals surface area contributed by atoms with Crippen molar-refractivity contribution in [1.29, 1.82) is 0 Å². The lowest BCUT2D eigenvalue weighted by Crippen LogP contribution is -2.48. The number of carbonyl (C=O) groups is 1. The third-order valence-corrected chi connectivity index (χ3v) is 6.57. The molecule has 1 amide bonds. The first-order valence-corrected chi connectivity index (χ1v) is 11.6. The summed E-state index contributed by atoms with van der Waals surface area (Å²) in [7, 11) is -3.79. The molecule has 0 aromatic heterocycles. The van der Waals surface area contributed by atoms with Crippen LogP contribution in [0.25, 0.3) is 0 Å². The molecule has 0 radical (unpaired) electrons. The highest BCUT2D eigenvalue weighted by Crippen LogP contribution is 2.19. The lowest BCUT2D eigenvalue weighted by Gasteiger charge is -2.19. The minimum atomic E-state index is -3.79. The largest absolute Gasteiger partial charge is 0.354 e. The average Bonchev–Trinajstić information content (AvgIpc) is 2.75. The van der Waals surface area contributed by atoms with E-state index in [9.17, 15) is 13.2 Å². The second kappa shape index (κ2) is 10.4. The Hall–Kier alpha value is -2.44. The van der Waals surface area contributed by atoms with Crippen LogP contribution in [0.4, 0.5) is 0 Å². The van der Waals surface area contributed by atoms with E-state index in [1.807, 2.05) is 30.3 Å². The minimum absolute atomic E-state index is 0.151. The summed E-state index contributed by atoms with van der Waals surface area (Å²) in [6.45, 7) is 0.517. The molecule has 5 nitrogen and oxygen atoms in total. The minimum Gasteiger partial charge on any atom is -0.354 e. The number of hydrogen-bond donors (Lipinski definition) is 2. The van der Waals surface area contributed by atoms with E-state index in [4.69, 9.17) is 0 Å². The third kappa shape index (κ3) is 6.54. The predicted molar refractivity (Wildman–Crippen MR) is 115 cm³/mol. The van der Waals surface area contributed by atoms with Crippen molar-refractivity contribution in [3.05, 3.63) is 77.9 Å². The van der Waals surface area contributed by atoms with Crippen LogP contribution in [0.3, 0.4) is 0 Å². The second-order valence-electron chi connectivity index (χ2n) is 7.33. The maximum absolute atomic E-state index is 12.8. The van der Waals surface area contributed by atoms with Crippen LogP contribution in [-0.2, 0) is 21.2 Å². The first kappa shape index (κ1) is 21.3. The Morgan fingerprint density at radius 1 is 0.966 bits per heavy atom. The molecule has 0 spiro atoms. The Bertz CT molecular complexity index is 925. The molecule has 154 valence electrons. The van der Waals surface area contributed by atoms with Gasteiger partial charge in [-0.1, -0.05) is 60.2 Å². The summed E-state index contributed by atoms with van der Waals surface area (Å²) < 4.78 is 28.1. The van der Waals surface area contributed by atoms with Gasteiger partial charge in [-0.25, -0.2) is 8.42 Å². The fourth-order valence-electron chi connectivity index (χ4n) is 3.49. The third-order valence-electron chi connectivity index (χ3n) is 5.08. The molecule has 0 bridgehead atoms. The van der Waals surface area contributed by atoms with Crippen molar-refractivity contribution < 1.29 is 13.2 Å². The van der Waals surface area contributed by atoms with Gasteiger partial charge in [-0.2, -0.15) is 4.72 Å². The van der Waals surface area contributed by atoms with Crippen LogP contribution >= 0.6 is 0 Å². The predicted octanol–water partition coefficient (Wildman–Crippen LogP) is 3.58. The highest BCUT2D eigenvalue weighted by Gasteiger charge is 2.25. The summed E-state index contributed by atoms with van der Waals surface area (Å²) in [4.78, 5) is 13.0. The Morgan fingerprint density at radius 3 is 2.31 bits per heavy atom. The van der Waals surface area contributed by atoms with Crippen LogP contribution in [0, 0.1) is 0 Å². The van der Waals surface area contributed by atoms with Crippen molar-refractivity contribution in [3.8, 4) is 0 Å². The van der Waals surface area contributed by atoms with Crippen LogP contribution in [0.2, 0.25) is 0 Å². The van der Waals surface area contributed by atoms with E-state index < -0.39 is 16.1 Å². The molecule has 3 rings (SSSR count). The maximum atomic E-state index is 12.8. The number of hydrogen-bond acceptors (Lipinski definition) is 3. The van der Waals surface area contributed by atoms with Gasteiger partial charge in [0.1, 0.15) is 6.04 Å². The Kier molecular flexibility index (Phi) is 7.61. The first-order chi connectivity index (χ1) is 14.0. The molecule has 0 saturated carbocycles. The normalized spacial score (nSPS) is 15.4. The number of benzene rings is 2. The molecule has 0 unspecified atom stereocenters. The number of sulfonamides is 1. The highest BCUT2D eigenvalue weighted by atomic mass is 32.2. The number of rotatable bonds is 9. The first-order valence-electron chi connectivity index (χ1n) is 10.1. The zero-order valence-electron chi connectivity index (χ0n) is 16.5. The summed E-state index contributed by atoms with van der Waals surface area (Å²) in [5.74, 6) is -0.301. The van der Waals surface area contributed by atoms with Crippen LogP contribution in [0.1, 0.15) is 37.7 Å². The molecule has 29 heavy (non-hydrogen) atoms. The van der Waals surface area contributed by atoms with E-state index in [2.05, 4.69) is 16.1 Å². The van der Waals surface area contributed by atoms with E-state index in [0.717, 1.165) is 24.8 Å². The van der Waals surface area contributed by atoms with Gasteiger partial charge in [-0.3, -0.25) is 4.79 Å². The summed E-state index contributed by atoms with van der Waals surface area (Å²) in [5.41, 5.74) is 2.28. The molecule has 0 saturated heterocycles. The molecule has 1 aliphatic carbocycles. The van der Waals surface area contributed by atoms with E-state index in [0.29, 0.717) is 13.0 Å². The van der Waals surface area contributed by atoms with Gasteiger partial charge in [0, 0.05) is 6.54 Å². The molecule has 2 N–H and O–H groups in total. The number of carbonyl (C=O) groups excluding carboxylic acids is 1. The standard InChI is InChI=1S/C23H28N2O3S/c26-23(24-17-16-19-10-4-1-5-11-19)22(18-20-12-6-2-7-13-20)25-29(27,28)21-14-8-3-9-15-21/h2-3,6-10,12-15,22,25H,1,4-5,11,16-18H2,(H,24,26)/t22-/m1/s1. The molecule has 2 aromatic rings. The van der Waals surface area contributed by atoms with Gasteiger partial charge in [-0.05, 0) is 56.2 Å². The van der Waals surface area contributed by atoms with Crippen LogP contribution < -0.4 is 10.0 Å². The Balaban J connectivity index is 1.68. The fraction of sp³-hybridized carbons (Fsp3) is 0.348. The van der Waals surface area contributed by atoms with Crippen LogP contribution in [-0.4, -0.2) is 26.9 Å². The topological polar surface area (TPSA) is 75.3 Å². The zero-order valence-corrected chi connectivity index (χ0v) is 17.3. The molecule has 0 heterocycles. The van der Waals surface area contributed by atoms with Gasteiger partial charge in [-0.15, -0.1) is 0 Å². The van der Waals surface area contributed by atoms with Crippen molar-refractivity contribution in [2.75, 3.05) is 6.54 Å². The molecule has 0 fully saturated rings. The maximum Gasteiger partial charge on any atom is 0.241 e. The van der Waals surface area contributed by atoms with Crippen molar-refractivity contribution in [2.45, 2.75) is 49.5 Å². The van der Waals surface area contributed by atoms with Gasteiger partial charge in [0.25, 0.3) is 0 Å². The lowest BCUT2D eigenvalue weighted by atomic mass is 9.97. The van der Waals surface area contributed by atoms with Crippen molar-refractivity contribution in [2.24, 2.45) is 0 Å². The second-order valence-corrected chi connectivity index (χ2v) is 9.04. The smallest absolute Gasteiger partial charge is 0.241 e. The van der Waals surface area contributed by atoms with Gasteiger partial charge in [0.2, 0.25) is 15.9 Å². The Morgan fingerprint density at radius 2 is 1.66 bits per heavy atom. The van der Waals surface area contributed by atoms with E-state index >= 15 is 0 Å². The highest BCUT2D eigenvalue weighted by molar-refractivity contribution is 7.89. The number of amides is 1. The van der Waals surface area contributed by atoms with Gasteiger partial charge in [0.05, 0.1) is 4.90 Å². The van der Waals surface area contributed by atoms with Crippen LogP contribution in [0.5, 0.6) is 0 Å². The monoisotopic (exact) mass is 412 g/mol. The molecular formula is C23H28N2O3S. The van der Waals surface area contributed by atoms with E-state index in [-0.39, 0.29) is 10.8 Å². The van der Waals surface area contributed by atoms with Gasteiger partial charge in [0.15, 0.2) is 0 Å². The van der Waals surface area contributed by atoms with E-state index in [1.165, 1.54) is 30.5 Å². The summed E-state index contributed by atoms with van der Waals surface area (Å²) >= 11 is 0. The van der Waals surface area contributed by atoms with Gasteiger partial charge >= 0.3 is 0 Å². The number of nitrogens with one attached hydrogen (secondary N) is 2. The lowest BCUT2D eigenvalue weighted by molar-refractivity contribution is -0.122. The molecular weight excluding hydrogens is 384 g/mol. The Labute approximate surface area is 173 Å². The molecule has 1 aliphatic rings. The molecule has 1 atom stereocenters. The van der Waals surface area contributed by atoms with Crippen LogP contribution in [0.15, 0.2) is 77.2 Å². The molecule has 6 heteroatoms. The summed E-state index contributed by atoms with van der Waals surface area (Å²) in [6.07, 6.45) is 8.00. The van der Waals surface area contributed by atoms with Crippen molar-refractivity contribution in [3.63, 3.8) is 0 Å². The van der Waals surface area contributed by atoms with Crippen molar-refractivity contribution >= 4 is 15.9 Å². The number of allylic oxidation sites excluding steroid dienone is 1. The zero-order chi connectivity index (χ0) is 20.5. The molecule has 0 aliphatic heterocycles. The average molecular weight is 413 g/mol. The molecule has 2 aromatic carbocycles. The van der Waals surface area contributed by atoms with Gasteiger partial charge < -0.3 is 5.32 Å². The van der Waals surface area contributed by atoms with E-state index in [1.54, 1.807) is 18.2 Å². The fourth-order valence-corrected chi connectivity index (χ4v) is 4.71. The SMILES string of the molecule is O=C(NCCC1=CCCCC1)[C@@H](Cc1ccccc1)NS(=O)(=O)c1ccccc1. The summed E-state index contributed by atoms with van der Waals surface area (Å²) in [6, 6.07) is 16.7. The van der Waals surface area contributed by atoms with Crippen molar-refractivity contribution in [1.82, 2.24) is 10.0 Å². The quantitative estimate of drug-likeness (QED) is 0.618.